The second-order valence-corrected chi connectivity index (χ2v) is 4.14. The fourth-order valence-corrected chi connectivity index (χ4v) is 0.811. The molecule has 0 spiro atoms. The quantitative estimate of drug-likeness (QED) is 0.619. The third-order valence-electron chi connectivity index (χ3n) is 2.20. The molecular formula is C10H20N2. The van der Waals surface area contributed by atoms with E-state index in [1.807, 2.05) is 6.08 Å². The molecule has 0 saturated carbocycles. The Balaban J connectivity index is 4.39. The number of rotatable bonds is 2. The highest BCUT2D eigenvalue weighted by atomic mass is 14.6. The SMILES string of the molecule is CC(/C(N)=C/C=C\N)C(C)(C)C. The molecule has 2 heteroatoms. The molecule has 0 aromatic heterocycles. The number of nitrogens with two attached hydrogens (primary N) is 2. The first-order valence-electron chi connectivity index (χ1n) is 4.23. The number of hydrogen-bond donors (Lipinski definition) is 2. The smallest absolute Gasteiger partial charge is 0.0115 e. The molecule has 0 radical (unpaired) electrons. The highest BCUT2D eigenvalue weighted by Gasteiger charge is 2.21. The number of allylic oxidation sites excluding steroid dienone is 3. The maximum absolute atomic E-state index is 5.84. The summed E-state index contributed by atoms with van der Waals surface area (Å²) in [6.45, 7) is 8.63. The van der Waals surface area contributed by atoms with Crippen molar-refractivity contribution in [3.8, 4) is 0 Å². The van der Waals surface area contributed by atoms with Gasteiger partial charge in [-0.15, -0.1) is 0 Å². The van der Waals surface area contributed by atoms with Gasteiger partial charge in [0.1, 0.15) is 0 Å². The van der Waals surface area contributed by atoms with Crippen molar-refractivity contribution in [1.82, 2.24) is 0 Å². The molecule has 2 nitrogen and oxygen atoms in total. The molecule has 0 aromatic rings. The summed E-state index contributed by atoms with van der Waals surface area (Å²) < 4.78 is 0. The first-order chi connectivity index (χ1) is 5.39. The van der Waals surface area contributed by atoms with Gasteiger partial charge in [0.05, 0.1) is 0 Å². The zero-order chi connectivity index (χ0) is 9.78. The molecule has 0 bridgehead atoms. The Morgan fingerprint density at radius 2 is 1.83 bits per heavy atom. The summed E-state index contributed by atoms with van der Waals surface area (Å²) in [6.07, 6.45) is 5.11. The summed E-state index contributed by atoms with van der Waals surface area (Å²) in [5, 5.41) is 0. The molecule has 12 heavy (non-hydrogen) atoms. The topological polar surface area (TPSA) is 52.0 Å². The first-order valence-corrected chi connectivity index (χ1v) is 4.23. The molecule has 0 saturated heterocycles. The normalized spacial score (nSPS) is 16.8. The van der Waals surface area contributed by atoms with Crippen LogP contribution in [0.1, 0.15) is 27.7 Å². The summed E-state index contributed by atoms with van der Waals surface area (Å²) in [5.41, 5.74) is 12.1. The predicted molar refractivity (Wildman–Crippen MR) is 54.2 cm³/mol. The Hall–Kier alpha value is -0.920. The summed E-state index contributed by atoms with van der Waals surface area (Å²) in [5.74, 6) is 0.369. The molecule has 0 aromatic carbocycles. The van der Waals surface area contributed by atoms with Crippen LogP contribution in [0.15, 0.2) is 24.0 Å². The second-order valence-electron chi connectivity index (χ2n) is 4.14. The summed E-state index contributed by atoms with van der Waals surface area (Å²) in [6, 6.07) is 0. The van der Waals surface area contributed by atoms with Gasteiger partial charge in [-0.1, -0.05) is 27.7 Å². The third kappa shape index (κ3) is 3.46. The van der Waals surface area contributed by atoms with Crippen LogP contribution in [0.3, 0.4) is 0 Å². The van der Waals surface area contributed by atoms with Gasteiger partial charge in [0.2, 0.25) is 0 Å². The van der Waals surface area contributed by atoms with E-state index in [1.54, 1.807) is 6.08 Å². The van der Waals surface area contributed by atoms with Gasteiger partial charge in [-0.2, -0.15) is 0 Å². The van der Waals surface area contributed by atoms with Crippen molar-refractivity contribution in [3.63, 3.8) is 0 Å². The Morgan fingerprint density at radius 1 is 1.33 bits per heavy atom. The highest BCUT2D eigenvalue weighted by Crippen LogP contribution is 2.28. The van der Waals surface area contributed by atoms with Gasteiger partial charge in [0, 0.05) is 11.6 Å². The van der Waals surface area contributed by atoms with E-state index in [2.05, 4.69) is 27.7 Å². The fraction of sp³-hybridized carbons (Fsp3) is 0.600. The molecule has 0 aliphatic heterocycles. The lowest BCUT2D eigenvalue weighted by molar-refractivity contribution is 0.298. The van der Waals surface area contributed by atoms with Crippen molar-refractivity contribution in [1.29, 1.82) is 0 Å². The molecule has 1 unspecified atom stereocenters. The monoisotopic (exact) mass is 168 g/mol. The van der Waals surface area contributed by atoms with Crippen molar-refractivity contribution in [3.05, 3.63) is 24.0 Å². The lowest BCUT2D eigenvalue weighted by Crippen LogP contribution is -2.23. The van der Waals surface area contributed by atoms with Crippen molar-refractivity contribution in [2.75, 3.05) is 0 Å². The van der Waals surface area contributed by atoms with Gasteiger partial charge >= 0.3 is 0 Å². The first kappa shape index (κ1) is 11.1. The van der Waals surface area contributed by atoms with Crippen LogP contribution in [0.5, 0.6) is 0 Å². The minimum absolute atomic E-state index is 0.211. The van der Waals surface area contributed by atoms with Crippen LogP contribution in [-0.4, -0.2) is 0 Å². The summed E-state index contributed by atoms with van der Waals surface area (Å²) >= 11 is 0. The number of hydrogen-bond acceptors (Lipinski definition) is 2. The lowest BCUT2D eigenvalue weighted by Gasteiger charge is -2.27. The van der Waals surface area contributed by atoms with Gasteiger partial charge in [-0.25, -0.2) is 0 Å². The molecule has 0 fully saturated rings. The van der Waals surface area contributed by atoms with E-state index in [1.165, 1.54) is 6.20 Å². The van der Waals surface area contributed by atoms with Crippen molar-refractivity contribution in [2.45, 2.75) is 27.7 Å². The zero-order valence-corrected chi connectivity index (χ0v) is 8.46. The van der Waals surface area contributed by atoms with Crippen molar-refractivity contribution in [2.24, 2.45) is 22.8 Å². The van der Waals surface area contributed by atoms with Crippen LogP contribution in [0, 0.1) is 11.3 Å². The van der Waals surface area contributed by atoms with E-state index >= 15 is 0 Å². The average Bonchev–Trinajstić information content (AvgIpc) is 1.97. The van der Waals surface area contributed by atoms with E-state index in [-0.39, 0.29) is 5.41 Å². The molecular weight excluding hydrogens is 148 g/mol. The van der Waals surface area contributed by atoms with E-state index < -0.39 is 0 Å². The van der Waals surface area contributed by atoms with Gasteiger partial charge in [-0.3, -0.25) is 0 Å². The van der Waals surface area contributed by atoms with Crippen LogP contribution >= 0.6 is 0 Å². The highest BCUT2D eigenvalue weighted by molar-refractivity contribution is 5.12. The molecule has 0 aliphatic rings. The van der Waals surface area contributed by atoms with E-state index in [0.29, 0.717) is 5.92 Å². The minimum Gasteiger partial charge on any atom is -0.405 e. The molecule has 0 aliphatic carbocycles. The van der Waals surface area contributed by atoms with Crippen LogP contribution in [0.25, 0.3) is 0 Å². The van der Waals surface area contributed by atoms with Crippen molar-refractivity contribution >= 4 is 0 Å². The largest absolute Gasteiger partial charge is 0.405 e. The maximum atomic E-state index is 5.84. The molecule has 70 valence electrons. The Bertz CT molecular complexity index is 185. The Labute approximate surface area is 75.3 Å². The van der Waals surface area contributed by atoms with Gasteiger partial charge < -0.3 is 11.5 Å². The molecule has 0 amide bonds. The fourth-order valence-electron chi connectivity index (χ4n) is 0.811. The van der Waals surface area contributed by atoms with Gasteiger partial charge in [-0.05, 0) is 23.8 Å². The van der Waals surface area contributed by atoms with E-state index in [4.69, 9.17) is 11.5 Å². The van der Waals surface area contributed by atoms with Gasteiger partial charge in [0.15, 0.2) is 0 Å². The summed E-state index contributed by atoms with van der Waals surface area (Å²) in [4.78, 5) is 0. The second kappa shape index (κ2) is 4.19. The average molecular weight is 168 g/mol. The maximum Gasteiger partial charge on any atom is 0.0115 e. The van der Waals surface area contributed by atoms with Crippen molar-refractivity contribution < 1.29 is 0 Å². The van der Waals surface area contributed by atoms with E-state index in [0.717, 1.165) is 5.70 Å². The zero-order valence-electron chi connectivity index (χ0n) is 8.46. The lowest BCUT2D eigenvalue weighted by atomic mass is 9.80. The van der Waals surface area contributed by atoms with Crippen LogP contribution in [-0.2, 0) is 0 Å². The standard InChI is InChI=1S/C10H20N2/c1-8(10(2,3)4)9(12)6-5-7-11/h5-8H,11-12H2,1-4H3/b7-5-,9-6-. The molecule has 0 rings (SSSR count). The summed E-state index contributed by atoms with van der Waals surface area (Å²) in [7, 11) is 0. The van der Waals surface area contributed by atoms with E-state index in [9.17, 15) is 0 Å². The molecule has 4 N–H and O–H groups in total. The Kier molecular flexibility index (Phi) is 3.87. The third-order valence-corrected chi connectivity index (χ3v) is 2.20. The minimum atomic E-state index is 0.211. The van der Waals surface area contributed by atoms with Gasteiger partial charge in [0.25, 0.3) is 0 Å². The van der Waals surface area contributed by atoms with Crippen LogP contribution < -0.4 is 11.5 Å². The molecule has 1 atom stereocenters. The Morgan fingerprint density at radius 3 is 2.17 bits per heavy atom. The molecule has 0 heterocycles. The predicted octanol–water partition coefficient (Wildman–Crippen LogP) is 1.98. The van der Waals surface area contributed by atoms with Crippen LogP contribution in [0.4, 0.5) is 0 Å². The van der Waals surface area contributed by atoms with Crippen LogP contribution in [0.2, 0.25) is 0 Å².